The van der Waals surface area contributed by atoms with Crippen molar-refractivity contribution in [1.29, 1.82) is 0 Å². The number of aryl methyl sites for hydroxylation is 1. The van der Waals surface area contributed by atoms with Gasteiger partial charge in [0.1, 0.15) is 26.6 Å². The van der Waals surface area contributed by atoms with Crippen LogP contribution in [-0.4, -0.2) is 60.1 Å². The molecule has 0 fully saturated rings. The van der Waals surface area contributed by atoms with Crippen LogP contribution < -0.4 is 10.2 Å². The van der Waals surface area contributed by atoms with E-state index in [-0.39, 0.29) is 18.7 Å². The quantitative estimate of drug-likeness (QED) is 0.362. The predicted octanol–water partition coefficient (Wildman–Crippen LogP) is 5.48. The van der Waals surface area contributed by atoms with Gasteiger partial charge in [0.05, 0.1) is 34.9 Å². The zero-order chi connectivity index (χ0) is 29.2. The molecule has 1 N–H and O–H groups in total. The number of rotatable bonds is 8. The molecular formula is C26H36N4O6S3. The molecule has 1 atom stereocenters. The van der Waals surface area contributed by atoms with E-state index in [1.165, 1.54) is 28.9 Å². The molecule has 0 aliphatic carbocycles. The maximum atomic E-state index is 13.3. The second kappa shape index (κ2) is 11.8. The molecule has 2 amide bonds. The fraction of sp³-hybridized carbons (Fsp3) is 0.538. The zero-order valence-corrected chi connectivity index (χ0v) is 26.0. The number of carbonyl (C=O) groups is 2. The molecule has 3 rings (SSSR count). The fourth-order valence-corrected chi connectivity index (χ4v) is 6.73. The van der Waals surface area contributed by atoms with Crippen LogP contribution in [0.2, 0.25) is 0 Å². The monoisotopic (exact) mass is 596 g/mol. The van der Waals surface area contributed by atoms with Crippen molar-refractivity contribution in [3.05, 3.63) is 39.0 Å². The lowest BCUT2D eigenvalue weighted by Gasteiger charge is -2.27. The highest BCUT2D eigenvalue weighted by Gasteiger charge is 2.29. The molecule has 0 aliphatic rings. The molecule has 0 bridgehead atoms. The van der Waals surface area contributed by atoms with Gasteiger partial charge in [-0.15, -0.1) is 27.8 Å². The number of fused-ring (bicyclic) bond motifs is 1. The Hall–Kier alpha value is -2.77. The van der Waals surface area contributed by atoms with Crippen LogP contribution in [0.25, 0.3) is 10.2 Å². The molecule has 214 valence electrons. The Bertz CT molecular complexity index is 1420. The minimum atomic E-state index is -3.42. The first-order valence-corrected chi connectivity index (χ1v) is 16.1. The van der Waals surface area contributed by atoms with Crippen LogP contribution in [0.1, 0.15) is 56.9 Å². The van der Waals surface area contributed by atoms with Crippen molar-refractivity contribution in [3.8, 4) is 0 Å². The molecule has 0 saturated carbocycles. The number of thiophene rings is 2. The average molecular weight is 597 g/mol. The normalized spacial score (nSPS) is 13.2. The number of sulfone groups is 1. The summed E-state index contributed by atoms with van der Waals surface area (Å²) in [4.78, 5) is 29.1. The fourth-order valence-electron chi connectivity index (χ4n) is 3.77. The van der Waals surface area contributed by atoms with E-state index < -0.39 is 39.3 Å². The summed E-state index contributed by atoms with van der Waals surface area (Å²) < 4.78 is 36.1. The predicted molar refractivity (Wildman–Crippen MR) is 155 cm³/mol. The number of alkyl carbamates (subject to hydrolysis) is 1. The topological polar surface area (TPSA) is 128 Å². The summed E-state index contributed by atoms with van der Waals surface area (Å²) in [6.45, 7) is 12.8. The lowest BCUT2D eigenvalue weighted by Crippen LogP contribution is -2.43. The van der Waals surface area contributed by atoms with Crippen LogP contribution >= 0.6 is 22.7 Å². The van der Waals surface area contributed by atoms with E-state index in [9.17, 15) is 18.0 Å². The highest BCUT2D eigenvalue weighted by atomic mass is 32.2. The minimum Gasteiger partial charge on any atom is -0.444 e. The van der Waals surface area contributed by atoms with Gasteiger partial charge in [-0.1, -0.05) is 6.07 Å². The van der Waals surface area contributed by atoms with Gasteiger partial charge < -0.3 is 14.8 Å². The smallest absolute Gasteiger partial charge is 0.415 e. The van der Waals surface area contributed by atoms with Gasteiger partial charge in [0.15, 0.2) is 0 Å². The average Bonchev–Trinajstić information content (AvgIpc) is 3.36. The van der Waals surface area contributed by atoms with Crippen LogP contribution in [0, 0.1) is 6.92 Å². The van der Waals surface area contributed by atoms with E-state index in [1.807, 2.05) is 45.2 Å². The van der Waals surface area contributed by atoms with Gasteiger partial charge in [-0.05, 0) is 65.5 Å². The van der Waals surface area contributed by atoms with E-state index in [0.29, 0.717) is 11.2 Å². The van der Waals surface area contributed by atoms with Crippen LogP contribution in [0.15, 0.2) is 23.7 Å². The van der Waals surface area contributed by atoms with E-state index in [1.54, 1.807) is 25.7 Å². The Kier molecular flexibility index (Phi) is 9.28. The van der Waals surface area contributed by atoms with Gasteiger partial charge in [0.25, 0.3) is 0 Å². The number of anilines is 1. The number of hydrogen-bond donors (Lipinski definition) is 1. The third-order valence-electron chi connectivity index (χ3n) is 5.24. The van der Waals surface area contributed by atoms with Crippen molar-refractivity contribution < 1.29 is 27.5 Å². The number of hydrogen-bond acceptors (Lipinski definition) is 10. The summed E-state index contributed by atoms with van der Waals surface area (Å²) in [7, 11) is -3.42. The lowest BCUT2D eigenvalue weighted by atomic mass is 10.1. The van der Waals surface area contributed by atoms with Crippen molar-refractivity contribution in [2.45, 2.75) is 78.7 Å². The van der Waals surface area contributed by atoms with Crippen molar-refractivity contribution >= 4 is 60.6 Å². The summed E-state index contributed by atoms with van der Waals surface area (Å²) in [5.41, 5.74) is 0.511. The van der Waals surface area contributed by atoms with Gasteiger partial charge in [0.2, 0.25) is 0 Å². The first-order valence-electron chi connectivity index (χ1n) is 12.4. The molecule has 39 heavy (non-hydrogen) atoms. The number of ether oxygens (including phenoxy) is 2. The molecule has 0 aromatic carbocycles. The zero-order valence-electron chi connectivity index (χ0n) is 23.5. The van der Waals surface area contributed by atoms with E-state index in [4.69, 9.17) is 9.47 Å². The number of nitrogens with zero attached hydrogens (tertiary/aromatic N) is 3. The maximum absolute atomic E-state index is 13.3. The van der Waals surface area contributed by atoms with Gasteiger partial charge >= 0.3 is 12.2 Å². The molecular weight excluding hydrogens is 561 g/mol. The molecule has 0 spiro atoms. The molecule has 3 aromatic heterocycles. The highest BCUT2D eigenvalue weighted by molar-refractivity contribution is 7.90. The summed E-state index contributed by atoms with van der Waals surface area (Å²) >= 11 is 2.91. The van der Waals surface area contributed by atoms with Crippen LogP contribution in [-0.2, 0) is 32.3 Å². The highest BCUT2D eigenvalue weighted by Crippen LogP contribution is 2.37. The molecule has 0 unspecified atom stereocenters. The first-order chi connectivity index (χ1) is 17.9. The van der Waals surface area contributed by atoms with Crippen molar-refractivity contribution in [3.63, 3.8) is 0 Å². The molecule has 10 nitrogen and oxygen atoms in total. The Balaban J connectivity index is 2.01. The number of nitrogens with one attached hydrogen (secondary N) is 1. The molecule has 13 heteroatoms. The Morgan fingerprint density at radius 1 is 1.13 bits per heavy atom. The summed E-state index contributed by atoms with van der Waals surface area (Å²) in [6.07, 6.45) is 1.69. The van der Waals surface area contributed by atoms with Crippen molar-refractivity contribution in [2.75, 3.05) is 16.9 Å². The standard InChI is InChI=1S/C26H36N4O6S3/c1-16-20(12-17(15-39(8,33)34)28-23(31)35-25(2,3)4)38-22-19(13-27-29-21(16)22)30(14-18-10-9-11-37-18)24(32)36-26(5,6)7/h9-11,13,17H,12,14-15H2,1-8H3,(H,28,31)/t17-/m1/s1. The molecule has 3 heterocycles. The largest absolute Gasteiger partial charge is 0.444 e. The Morgan fingerprint density at radius 2 is 1.79 bits per heavy atom. The van der Waals surface area contributed by atoms with E-state index in [2.05, 4.69) is 15.5 Å². The van der Waals surface area contributed by atoms with Gasteiger partial charge in [-0.2, -0.15) is 5.10 Å². The first kappa shape index (κ1) is 30.8. The van der Waals surface area contributed by atoms with Crippen LogP contribution in [0.4, 0.5) is 15.3 Å². The minimum absolute atomic E-state index is 0.232. The molecule has 0 radical (unpaired) electrons. The SMILES string of the molecule is Cc1c(C[C@H](CS(C)(=O)=O)NC(=O)OC(C)(C)C)sc2c(N(Cc3cccs3)C(=O)OC(C)(C)C)cnnc12. The van der Waals surface area contributed by atoms with Gasteiger partial charge in [-0.3, -0.25) is 4.90 Å². The van der Waals surface area contributed by atoms with E-state index >= 15 is 0 Å². The van der Waals surface area contributed by atoms with E-state index in [0.717, 1.165) is 26.3 Å². The van der Waals surface area contributed by atoms with Gasteiger partial charge in [0, 0.05) is 22.4 Å². The Morgan fingerprint density at radius 3 is 2.36 bits per heavy atom. The third kappa shape index (κ3) is 9.14. The summed E-state index contributed by atoms with van der Waals surface area (Å²) in [5.74, 6) is -0.263. The number of carbonyl (C=O) groups excluding carboxylic acids is 2. The lowest BCUT2D eigenvalue weighted by molar-refractivity contribution is 0.0507. The second-order valence-electron chi connectivity index (χ2n) is 11.3. The van der Waals surface area contributed by atoms with Crippen LogP contribution in [0.3, 0.4) is 0 Å². The van der Waals surface area contributed by atoms with Crippen molar-refractivity contribution in [2.24, 2.45) is 0 Å². The molecule has 0 saturated heterocycles. The molecule has 0 aliphatic heterocycles. The van der Waals surface area contributed by atoms with Gasteiger partial charge in [-0.25, -0.2) is 18.0 Å². The maximum Gasteiger partial charge on any atom is 0.415 e. The van der Waals surface area contributed by atoms with Crippen LogP contribution in [0.5, 0.6) is 0 Å². The third-order valence-corrected chi connectivity index (χ3v) is 8.43. The van der Waals surface area contributed by atoms with Crippen molar-refractivity contribution in [1.82, 2.24) is 15.5 Å². The summed E-state index contributed by atoms with van der Waals surface area (Å²) in [6, 6.07) is 3.13. The summed E-state index contributed by atoms with van der Waals surface area (Å²) in [5, 5.41) is 13.1. The number of amides is 2. The Labute approximate surface area is 237 Å². The number of aromatic nitrogens is 2. The second-order valence-corrected chi connectivity index (χ2v) is 15.7. The molecule has 3 aromatic rings.